The SMILES string of the molecule is CCc1cc[n+](C(=C=N)P(Cl)Cl)c(C)c1. The maximum Gasteiger partial charge on any atom is 0.300 e. The summed E-state index contributed by atoms with van der Waals surface area (Å²) in [6.07, 6.45) is 2.87. The Morgan fingerprint density at radius 2 is 2.27 bits per heavy atom. The number of hydrogen-bond donors (Lipinski definition) is 1. The van der Waals surface area contributed by atoms with Crippen LogP contribution in [-0.4, -0.2) is 5.87 Å². The summed E-state index contributed by atoms with van der Waals surface area (Å²) < 4.78 is 1.80. The standard InChI is InChI=1S/C10H12Cl2N2P/c1-3-9-4-5-14(8(2)6-9)10(7-13)15(11)12/h4-6,13H,3H2,1-2H3/q+1. The lowest BCUT2D eigenvalue weighted by molar-refractivity contribution is -0.579. The van der Waals surface area contributed by atoms with E-state index in [1.807, 2.05) is 19.2 Å². The van der Waals surface area contributed by atoms with Crippen LogP contribution in [0, 0.1) is 12.3 Å². The molecule has 15 heavy (non-hydrogen) atoms. The molecule has 0 aliphatic heterocycles. The quantitative estimate of drug-likeness (QED) is 0.489. The summed E-state index contributed by atoms with van der Waals surface area (Å²) in [4.78, 5) is 0. The summed E-state index contributed by atoms with van der Waals surface area (Å²) >= 11 is 11.6. The Bertz CT molecular complexity index is 412. The van der Waals surface area contributed by atoms with Crippen molar-refractivity contribution in [2.24, 2.45) is 0 Å². The lowest BCUT2D eigenvalue weighted by atomic mass is 10.2. The van der Waals surface area contributed by atoms with Crippen LogP contribution in [0.4, 0.5) is 0 Å². The third-order valence-corrected chi connectivity index (χ3v) is 3.73. The van der Waals surface area contributed by atoms with Gasteiger partial charge in [0.25, 0.3) is 5.44 Å². The van der Waals surface area contributed by atoms with Crippen LogP contribution in [0.15, 0.2) is 18.3 Å². The average molecular weight is 262 g/mol. The highest BCUT2D eigenvalue weighted by molar-refractivity contribution is 8.10. The monoisotopic (exact) mass is 261 g/mol. The molecule has 1 aromatic rings. The first-order valence-corrected chi connectivity index (χ1v) is 7.68. The average Bonchev–Trinajstić information content (AvgIpc) is 2.20. The van der Waals surface area contributed by atoms with Gasteiger partial charge in [-0.3, -0.25) is 5.41 Å². The van der Waals surface area contributed by atoms with Gasteiger partial charge in [-0.1, -0.05) is 29.4 Å². The van der Waals surface area contributed by atoms with Crippen molar-refractivity contribution in [1.82, 2.24) is 0 Å². The van der Waals surface area contributed by atoms with E-state index >= 15 is 0 Å². The van der Waals surface area contributed by atoms with Crippen LogP contribution in [0.2, 0.25) is 0 Å². The molecular weight excluding hydrogens is 250 g/mol. The number of halogens is 2. The summed E-state index contributed by atoms with van der Waals surface area (Å²) in [7, 11) is 0. The second-order valence-electron chi connectivity index (χ2n) is 3.08. The highest BCUT2D eigenvalue weighted by atomic mass is 35.9. The van der Waals surface area contributed by atoms with E-state index in [0.717, 1.165) is 12.1 Å². The van der Waals surface area contributed by atoms with Gasteiger partial charge in [-0.05, 0) is 12.0 Å². The molecule has 2 nitrogen and oxygen atoms in total. The van der Waals surface area contributed by atoms with Crippen molar-refractivity contribution in [3.63, 3.8) is 0 Å². The predicted octanol–water partition coefficient (Wildman–Crippen LogP) is 3.68. The molecule has 1 N–H and O–H groups in total. The Morgan fingerprint density at radius 3 is 2.67 bits per heavy atom. The zero-order chi connectivity index (χ0) is 11.4. The molecule has 0 spiro atoms. The Kier molecular flexibility index (Phi) is 4.76. The highest BCUT2D eigenvalue weighted by Crippen LogP contribution is 2.53. The van der Waals surface area contributed by atoms with E-state index in [1.54, 1.807) is 4.57 Å². The van der Waals surface area contributed by atoms with E-state index in [0.29, 0.717) is 5.44 Å². The molecule has 1 rings (SSSR count). The fourth-order valence-corrected chi connectivity index (χ4v) is 2.53. The van der Waals surface area contributed by atoms with E-state index in [4.69, 9.17) is 27.9 Å². The highest BCUT2D eigenvalue weighted by Gasteiger charge is 2.21. The third kappa shape index (κ3) is 3.03. The minimum atomic E-state index is -1.34. The zero-order valence-corrected chi connectivity index (χ0v) is 11.0. The number of pyridine rings is 1. The molecular formula is C10H12Cl2N2P+. The van der Waals surface area contributed by atoms with Gasteiger partial charge < -0.3 is 0 Å². The van der Waals surface area contributed by atoms with Crippen molar-refractivity contribution in [3.05, 3.63) is 29.6 Å². The minimum absolute atomic E-state index is 0.508. The summed E-state index contributed by atoms with van der Waals surface area (Å²) in [5.41, 5.74) is 2.77. The Morgan fingerprint density at radius 1 is 1.60 bits per heavy atom. The second-order valence-corrected chi connectivity index (χ2v) is 6.52. The number of nitrogens with one attached hydrogen (secondary N) is 1. The maximum atomic E-state index is 7.16. The van der Waals surface area contributed by atoms with Crippen LogP contribution in [0.5, 0.6) is 0 Å². The number of hydrogen-bond acceptors (Lipinski definition) is 1. The molecule has 0 radical (unpaired) electrons. The van der Waals surface area contributed by atoms with Gasteiger partial charge in [0.1, 0.15) is 0 Å². The molecule has 0 amide bonds. The van der Waals surface area contributed by atoms with Gasteiger partial charge in [-0.25, -0.2) is 0 Å². The molecule has 0 saturated carbocycles. The first-order valence-electron chi connectivity index (χ1n) is 4.53. The van der Waals surface area contributed by atoms with Crippen molar-refractivity contribution < 1.29 is 4.57 Å². The van der Waals surface area contributed by atoms with Crippen molar-refractivity contribution in [2.75, 3.05) is 0 Å². The normalized spacial score (nSPS) is 10.2. The molecule has 0 aliphatic carbocycles. The van der Waals surface area contributed by atoms with Gasteiger partial charge in [0, 0.05) is 19.1 Å². The van der Waals surface area contributed by atoms with Crippen LogP contribution in [-0.2, 0) is 6.42 Å². The van der Waals surface area contributed by atoms with Crippen LogP contribution in [0.1, 0.15) is 18.2 Å². The molecule has 0 unspecified atom stereocenters. The zero-order valence-electron chi connectivity index (χ0n) is 8.59. The number of aryl methyl sites for hydroxylation is 2. The van der Waals surface area contributed by atoms with E-state index in [-0.39, 0.29) is 0 Å². The molecule has 1 heterocycles. The topological polar surface area (TPSA) is 27.7 Å². The van der Waals surface area contributed by atoms with Crippen molar-refractivity contribution in [3.8, 4) is 0 Å². The largest absolute Gasteiger partial charge is 0.300 e. The van der Waals surface area contributed by atoms with Gasteiger partial charge in [0.2, 0.25) is 0 Å². The molecule has 5 heteroatoms. The van der Waals surface area contributed by atoms with Gasteiger partial charge in [-0.2, -0.15) is 4.57 Å². The Labute approximate surface area is 100 Å². The fraction of sp³-hybridized carbons (Fsp3) is 0.300. The van der Waals surface area contributed by atoms with Crippen LogP contribution in [0.3, 0.4) is 0 Å². The van der Waals surface area contributed by atoms with Crippen molar-refractivity contribution in [1.29, 1.82) is 5.41 Å². The Hall–Kier alpha value is -0.390. The summed E-state index contributed by atoms with van der Waals surface area (Å²) in [6.45, 7) is 2.72. The van der Waals surface area contributed by atoms with Crippen molar-refractivity contribution in [2.45, 2.75) is 20.3 Å². The molecule has 0 bridgehead atoms. The first kappa shape index (κ1) is 12.7. The first-order chi connectivity index (χ1) is 7.10. The van der Waals surface area contributed by atoms with E-state index < -0.39 is 6.63 Å². The third-order valence-electron chi connectivity index (χ3n) is 2.12. The Balaban J connectivity index is 3.21. The minimum Gasteiger partial charge on any atom is -0.253 e. The van der Waals surface area contributed by atoms with Gasteiger partial charge in [0.05, 0.1) is 5.87 Å². The predicted molar refractivity (Wildman–Crippen MR) is 66.8 cm³/mol. The van der Waals surface area contributed by atoms with E-state index in [2.05, 4.69) is 18.9 Å². The summed E-state index contributed by atoms with van der Waals surface area (Å²) in [6, 6.07) is 4.06. The number of nitrogens with zero attached hydrogens (tertiary/aromatic N) is 1. The summed E-state index contributed by atoms with van der Waals surface area (Å²) in [5, 5.41) is 7.16. The molecule has 1 aromatic heterocycles. The fourth-order valence-electron chi connectivity index (χ4n) is 1.32. The van der Waals surface area contributed by atoms with Crippen LogP contribution < -0.4 is 4.57 Å². The van der Waals surface area contributed by atoms with Crippen LogP contribution in [0.25, 0.3) is 5.44 Å². The molecule has 0 fully saturated rings. The van der Waals surface area contributed by atoms with E-state index in [9.17, 15) is 0 Å². The van der Waals surface area contributed by atoms with Crippen molar-refractivity contribution >= 4 is 40.4 Å². The molecule has 0 saturated heterocycles. The molecule has 80 valence electrons. The molecule has 0 aromatic carbocycles. The van der Waals surface area contributed by atoms with E-state index in [1.165, 1.54) is 5.56 Å². The lowest BCUT2D eigenvalue weighted by Crippen LogP contribution is -2.34. The molecule has 0 atom stereocenters. The number of aromatic nitrogens is 1. The smallest absolute Gasteiger partial charge is 0.253 e. The second kappa shape index (κ2) is 5.63. The van der Waals surface area contributed by atoms with Gasteiger partial charge in [-0.15, -0.1) is 0 Å². The van der Waals surface area contributed by atoms with Gasteiger partial charge in [0.15, 0.2) is 18.5 Å². The lowest BCUT2D eigenvalue weighted by Gasteiger charge is -2.02. The van der Waals surface area contributed by atoms with Crippen LogP contribution >= 0.6 is 29.1 Å². The van der Waals surface area contributed by atoms with Gasteiger partial charge >= 0.3 is 0 Å². The molecule has 0 aliphatic rings. The number of rotatable bonds is 3. The maximum absolute atomic E-state index is 7.16. The summed E-state index contributed by atoms with van der Waals surface area (Å²) in [5.74, 6) is 2.29.